The molecule has 0 bridgehead atoms. The summed E-state index contributed by atoms with van der Waals surface area (Å²) in [5.41, 5.74) is 1.47. The van der Waals surface area contributed by atoms with Gasteiger partial charge in [-0.15, -0.1) is 10.2 Å². The predicted octanol–water partition coefficient (Wildman–Crippen LogP) is 4.63. The largest absolute Gasteiger partial charge is 0.383 e. The lowest BCUT2D eigenvalue weighted by Gasteiger charge is -2.10. The highest BCUT2D eigenvalue weighted by atomic mass is 35.5. The Balaban J connectivity index is 1.73. The van der Waals surface area contributed by atoms with Crippen LogP contribution in [0.4, 0.5) is 5.69 Å². The van der Waals surface area contributed by atoms with Gasteiger partial charge in [0.1, 0.15) is 0 Å². The summed E-state index contributed by atoms with van der Waals surface area (Å²) in [5, 5.41) is 13.1. The summed E-state index contributed by atoms with van der Waals surface area (Å²) >= 11 is 13.3. The minimum Gasteiger partial charge on any atom is -0.383 e. The third kappa shape index (κ3) is 5.26. The number of methoxy groups -OCH3 is 1. The van der Waals surface area contributed by atoms with Crippen LogP contribution in [0, 0.1) is 0 Å². The number of amides is 1. The van der Waals surface area contributed by atoms with Crippen molar-refractivity contribution in [1.82, 2.24) is 14.8 Å². The number of aromatic nitrogens is 3. The molecule has 0 radical (unpaired) electrons. The van der Waals surface area contributed by atoms with E-state index in [1.54, 1.807) is 31.4 Å². The van der Waals surface area contributed by atoms with E-state index in [2.05, 4.69) is 15.5 Å². The van der Waals surface area contributed by atoms with Crippen LogP contribution >= 0.6 is 35.0 Å². The number of benzene rings is 2. The maximum atomic E-state index is 12.3. The SMILES string of the molecule is COCCn1c(SCC(=O)Nc2ccccc2Cl)nnc1-c1ccc(Cl)cc1. The molecule has 1 heterocycles. The van der Waals surface area contributed by atoms with Crippen LogP contribution < -0.4 is 5.32 Å². The monoisotopic (exact) mass is 436 g/mol. The summed E-state index contributed by atoms with van der Waals surface area (Å²) in [7, 11) is 1.64. The van der Waals surface area contributed by atoms with Gasteiger partial charge in [0.05, 0.1) is 29.6 Å². The first kappa shape index (κ1) is 20.7. The van der Waals surface area contributed by atoms with Gasteiger partial charge >= 0.3 is 0 Å². The smallest absolute Gasteiger partial charge is 0.234 e. The van der Waals surface area contributed by atoms with Gasteiger partial charge < -0.3 is 10.1 Å². The zero-order valence-electron chi connectivity index (χ0n) is 15.1. The Morgan fingerprint density at radius 1 is 1.14 bits per heavy atom. The Morgan fingerprint density at radius 3 is 2.61 bits per heavy atom. The van der Waals surface area contributed by atoms with E-state index in [1.807, 2.05) is 28.8 Å². The number of anilines is 1. The van der Waals surface area contributed by atoms with Crippen LogP contribution in [0.15, 0.2) is 53.7 Å². The Morgan fingerprint density at radius 2 is 1.89 bits per heavy atom. The molecular formula is C19H18Cl2N4O2S. The highest BCUT2D eigenvalue weighted by Crippen LogP contribution is 2.26. The third-order valence-corrected chi connectivity index (χ3v) is 5.37. The number of nitrogens with one attached hydrogen (secondary N) is 1. The molecule has 1 amide bonds. The Bertz CT molecular complexity index is 947. The number of nitrogens with zero attached hydrogens (tertiary/aromatic N) is 3. The van der Waals surface area contributed by atoms with Crippen molar-refractivity contribution in [2.75, 3.05) is 24.8 Å². The molecule has 28 heavy (non-hydrogen) atoms. The summed E-state index contributed by atoms with van der Waals surface area (Å²) in [5.74, 6) is 0.701. The molecular weight excluding hydrogens is 419 g/mol. The van der Waals surface area contributed by atoms with Crippen LogP contribution in [-0.4, -0.2) is 40.1 Å². The standard InChI is InChI=1S/C19H18Cl2N4O2S/c1-27-11-10-25-18(13-6-8-14(20)9-7-13)23-24-19(25)28-12-17(26)22-16-5-3-2-4-15(16)21/h2-9H,10-12H2,1H3,(H,22,26). The fraction of sp³-hybridized carbons (Fsp3) is 0.211. The molecule has 0 aliphatic carbocycles. The number of thioether (sulfide) groups is 1. The molecule has 6 nitrogen and oxygen atoms in total. The van der Waals surface area contributed by atoms with E-state index in [4.69, 9.17) is 27.9 Å². The van der Waals surface area contributed by atoms with E-state index < -0.39 is 0 Å². The van der Waals surface area contributed by atoms with Crippen LogP contribution in [0.5, 0.6) is 0 Å². The molecule has 0 fully saturated rings. The molecule has 0 atom stereocenters. The molecule has 146 valence electrons. The van der Waals surface area contributed by atoms with Crippen LogP contribution in [0.2, 0.25) is 10.0 Å². The van der Waals surface area contributed by atoms with Crippen molar-refractivity contribution in [2.45, 2.75) is 11.7 Å². The van der Waals surface area contributed by atoms with E-state index in [-0.39, 0.29) is 11.7 Å². The lowest BCUT2D eigenvalue weighted by molar-refractivity contribution is -0.113. The van der Waals surface area contributed by atoms with Crippen molar-refractivity contribution < 1.29 is 9.53 Å². The summed E-state index contributed by atoms with van der Waals surface area (Å²) in [6.45, 7) is 1.06. The lowest BCUT2D eigenvalue weighted by Crippen LogP contribution is -2.15. The molecule has 0 spiro atoms. The zero-order chi connectivity index (χ0) is 19.9. The number of ether oxygens (including phenoxy) is 1. The van der Waals surface area contributed by atoms with Gasteiger partial charge in [0, 0.05) is 17.7 Å². The molecule has 0 saturated heterocycles. The summed E-state index contributed by atoms with van der Waals surface area (Å²) in [6.07, 6.45) is 0. The molecule has 2 aromatic carbocycles. The van der Waals surface area contributed by atoms with Crippen molar-refractivity contribution in [3.63, 3.8) is 0 Å². The average molecular weight is 437 g/mol. The minimum absolute atomic E-state index is 0.174. The zero-order valence-corrected chi connectivity index (χ0v) is 17.4. The van der Waals surface area contributed by atoms with Crippen molar-refractivity contribution in [3.05, 3.63) is 58.6 Å². The predicted molar refractivity (Wildman–Crippen MR) is 113 cm³/mol. The van der Waals surface area contributed by atoms with Crippen molar-refractivity contribution in [2.24, 2.45) is 0 Å². The molecule has 0 aliphatic rings. The van der Waals surface area contributed by atoms with Crippen LogP contribution in [-0.2, 0) is 16.1 Å². The quantitative estimate of drug-likeness (QED) is 0.521. The fourth-order valence-electron chi connectivity index (χ4n) is 2.47. The first-order chi connectivity index (χ1) is 13.6. The summed E-state index contributed by atoms with van der Waals surface area (Å²) in [6, 6.07) is 14.5. The van der Waals surface area contributed by atoms with Crippen LogP contribution in [0.1, 0.15) is 0 Å². The van der Waals surface area contributed by atoms with E-state index in [0.29, 0.717) is 39.9 Å². The second-order valence-corrected chi connectivity index (χ2v) is 7.56. The van der Waals surface area contributed by atoms with Gasteiger partial charge in [-0.2, -0.15) is 0 Å². The van der Waals surface area contributed by atoms with E-state index >= 15 is 0 Å². The first-order valence-corrected chi connectivity index (χ1v) is 10.2. The number of hydrogen-bond acceptors (Lipinski definition) is 5. The summed E-state index contributed by atoms with van der Waals surface area (Å²) < 4.78 is 7.13. The molecule has 9 heteroatoms. The van der Waals surface area contributed by atoms with Crippen LogP contribution in [0.3, 0.4) is 0 Å². The number of para-hydroxylation sites is 1. The number of carbonyl (C=O) groups is 1. The summed E-state index contributed by atoms with van der Waals surface area (Å²) in [4.78, 5) is 12.3. The number of rotatable bonds is 8. The van der Waals surface area contributed by atoms with E-state index in [1.165, 1.54) is 11.8 Å². The lowest BCUT2D eigenvalue weighted by atomic mass is 10.2. The van der Waals surface area contributed by atoms with Gasteiger partial charge in [0.2, 0.25) is 5.91 Å². The minimum atomic E-state index is -0.174. The van der Waals surface area contributed by atoms with Gasteiger partial charge in [-0.3, -0.25) is 9.36 Å². The highest BCUT2D eigenvalue weighted by Gasteiger charge is 2.16. The van der Waals surface area contributed by atoms with E-state index in [9.17, 15) is 4.79 Å². The molecule has 0 saturated carbocycles. The number of hydrogen-bond donors (Lipinski definition) is 1. The van der Waals surface area contributed by atoms with Crippen molar-refractivity contribution in [3.8, 4) is 11.4 Å². The van der Waals surface area contributed by atoms with Crippen molar-refractivity contribution in [1.29, 1.82) is 0 Å². The van der Waals surface area contributed by atoms with Gasteiger partial charge in [-0.05, 0) is 36.4 Å². The molecule has 1 aromatic heterocycles. The van der Waals surface area contributed by atoms with E-state index in [0.717, 1.165) is 5.56 Å². The third-order valence-electron chi connectivity index (χ3n) is 3.82. The number of carbonyl (C=O) groups excluding carboxylic acids is 1. The molecule has 1 N–H and O–H groups in total. The Labute approximate surface area is 177 Å². The average Bonchev–Trinajstić information content (AvgIpc) is 3.10. The molecule has 3 rings (SSSR count). The maximum absolute atomic E-state index is 12.3. The molecule has 0 aliphatic heterocycles. The van der Waals surface area contributed by atoms with Gasteiger partial charge in [0.15, 0.2) is 11.0 Å². The normalized spacial score (nSPS) is 10.8. The first-order valence-electron chi connectivity index (χ1n) is 8.43. The van der Waals surface area contributed by atoms with Gasteiger partial charge in [0.25, 0.3) is 0 Å². The second-order valence-electron chi connectivity index (χ2n) is 5.77. The fourth-order valence-corrected chi connectivity index (χ4v) is 3.54. The van der Waals surface area contributed by atoms with Gasteiger partial charge in [-0.25, -0.2) is 0 Å². The van der Waals surface area contributed by atoms with Gasteiger partial charge in [-0.1, -0.05) is 47.1 Å². The second kappa shape index (κ2) is 9.93. The topological polar surface area (TPSA) is 69.0 Å². The Kier molecular flexibility index (Phi) is 7.33. The molecule has 3 aromatic rings. The highest BCUT2D eigenvalue weighted by molar-refractivity contribution is 7.99. The van der Waals surface area contributed by atoms with Crippen molar-refractivity contribution >= 4 is 46.6 Å². The van der Waals surface area contributed by atoms with Crippen LogP contribution in [0.25, 0.3) is 11.4 Å². The maximum Gasteiger partial charge on any atom is 0.234 e. The number of halogens is 2. The Hall–Kier alpha value is -2.06. The molecule has 0 unspecified atom stereocenters.